The molecule has 1 saturated heterocycles. The van der Waals surface area contributed by atoms with Gasteiger partial charge in [0.15, 0.2) is 0 Å². The summed E-state index contributed by atoms with van der Waals surface area (Å²) in [7, 11) is 0. The molecule has 1 aliphatic heterocycles. The van der Waals surface area contributed by atoms with Gasteiger partial charge in [-0.1, -0.05) is 67.3 Å². The number of likely N-dealkylation sites (N-methyl/N-ethyl adjacent to an activating group) is 1. The van der Waals surface area contributed by atoms with E-state index >= 15 is 0 Å². The van der Waals surface area contributed by atoms with Crippen LogP contribution in [0.15, 0.2) is 90.7 Å². The quantitative estimate of drug-likeness (QED) is 0.384. The average molecular weight is 488 g/mol. The van der Waals surface area contributed by atoms with Crippen LogP contribution in [0.5, 0.6) is 0 Å². The minimum absolute atomic E-state index is 0.172. The lowest BCUT2D eigenvalue weighted by Crippen LogP contribution is -2.57. The van der Waals surface area contributed by atoms with E-state index in [1.54, 1.807) is 12.1 Å². The molecule has 0 amide bonds. The Labute approximate surface area is 217 Å². The van der Waals surface area contributed by atoms with Crippen molar-refractivity contribution < 1.29 is 4.39 Å². The number of nitrogens with zero attached hydrogens (tertiary/aromatic N) is 3. The van der Waals surface area contributed by atoms with Gasteiger partial charge in [0.25, 0.3) is 0 Å². The Kier molecular flexibility index (Phi) is 8.81. The van der Waals surface area contributed by atoms with Crippen LogP contribution >= 0.6 is 0 Å². The molecule has 2 aromatic rings. The van der Waals surface area contributed by atoms with E-state index in [1.807, 2.05) is 12.1 Å². The van der Waals surface area contributed by atoms with Crippen LogP contribution in [0.25, 0.3) is 0 Å². The smallest absolute Gasteiger partial charge is 0.123 e. The molecular weight excluding hydrogens is 445 g/mol. The Hall–Kier alpha value is -2.69. The van der Waals surface area contributed by atoms with Crippen LogP contribution in [-0.2, 0) is 6.54 Å². The summed E-state index contributed by atoms with van der Waals surface area (Å²) in [6.45, 7) is 18.3. The first-order valence-corrected chi connectivity index (χ1v) is 13.5. The summed E-state index contributed by atoms with van der Waals surface area (Å²) < 4.78 is 13.4. The van der Waals surface area contributed by atoms with Gasteiger partial charge in [0, 0.05) is 62.5 Å². The first-order chi connectivity index (χ1) is 17.4. The molecular formula is C32H42FN3. The van der Waals surface area contributed by atoms with Crippen LogP contribution in [0.3, 0.4) is 0 Å². The van der Waals surface area contributed by atoms with E-state index in [9.17, 15) is 4.39 Å². The zero-order valence-electron chi connectivity index (χ0n) is 22.4. The van der Waals surface area contributed by atoms with Crippen molar-refractivity contribution >= 4 is 0 Å². The molecule has 0 spiro atoms. The normalized spacial score (nSPS) is 23.8. The standard InChI is InChI=1S/C32H42FN3/c1-6-34(7-2)26(5)28-15-17-30(18-16-28)32(29-11-9-8-10-12-29)36-22-24(3)35(21-25(36)4)23-27-13-19-31(33)20-14-27/h8-17,19-20,24-25,30,32H,5-7,18,21-23H2,1-4H3/t24-,25+,30?,32+/m1/s1. The molecule has 2 aromatic carbocycles. The van der Waals surface area contributed by atoms with E-state index in [2.05, 4.69) is 97.5 Å². The van der Waals surface area contributed by atoms with Crippen molar-refractivity contribution in [3.05, 3.63) is 108 Å². The molecule has 4 rings (SSSR count). The first-order valence-electron chi connectivity index (χ1n) is 13.5. The Morgan fingerprint density at radius 2 is 1.69 bits per heavy atom. The van der Waals surface area contributed by atoms with Crippen LogP contribution in [-0.4, -0.2) is 53.0 Å². The molecule has 0 N–H and O–H groups in total. The van der Waals surface area contributed by atoms with Crippen molar-refractivity contribution in [1.29, 1.82) is 0 Å². The third-order valence-corrected chi connectivity index (χ3v) is 7.98. The first kappa shape index (κ1) is 26.4. The maximum absolute atomic E-state index is 13.4. The van der Waals surface area contributed by atoms with Crippen molar-refractivity contribution in [2.24, 2.45) is 5.92 Å². The van der Waals surface area contributed by atoms with Gasteiger partial charge in [-0.3, -0.25) is 9.80 Å². The van der Waals surface area contributed by atoms with Crippen molar-refractivity contribution in [3.63, 3.8) is 0 Å². The maximum Gasteiger partial charge on any atom is 0.123 e. The van der Waals surface area contributed by atoms with Crippen molar-refractivity contribution in [2.45, 2.75) is 58.8 Å². The molecule has 4 atom stereocenters. The number of benzene rings is 2. The van der Waals surface area contributed by atoms with Gasteiger partial charge in [-0.05, 0) is 62.9 Å². The van der Waals surface area contributed by atoms with Gasteiger partial charge in [0.05, 0.1) is 0 Å². The number of halogens is 1. The fourth-order valence-electron chi connectivity index (χ4n) is 5.86. The van der Waals surface area contributed by atoms with Crippen molar-refractivity contribution in [2.75, 3.05) is 26.2 Å². The molecule has 2 aliphatic rings. The van der Waals surface area contributed by atoms with E-state index in [4.69, 9.17) is 0 Å². The summed E-state index contributed by atoms with van der Waals surface area (Å²) in [5, 5.41) is 0. The molecule has 0 radical (unpaired) electrons. The molecule has 36 heavy (non-hydrogen) atoms. The molecule has 1 unspecified atom stereocenters. The number of hydrogen-bond donors (Lipinski definition) is 0. The molecule has 4 heteroatoms. The zero-order valence-corrected chi connectivity index (χ0v) is 22.4. The molecule has 1 fully saturated rings. The fourth-order valence-corrected chi connectivity index (χ4v) is 5.86. The predicted octanol–water partition coefficient (Wildman–Crippen LogP) is 6.82. The highest BCUT2D eigenvalue weighted by molar-refractivity contribution is 5.40. The van der Waals surface area contributed by atoms with Gasteiger partial charge in [0.1, 0.15) is 5.82 Å². The van der Waals surface area contributed by atoms with E-state index in [0.29, 0.717) is 24.0 Å². The number of piperazine rings is 1. The van der Waals surface area contributed by atoms with Gasteiger partial charge in [-0.25, -0.2) is 4.39 Å². The van der Waals surface area contributed by atoms with Crippen molar-refractivity contribution in [3.8, 4) is 0 Å². The minimum atomic E-state index is -0.172. The van der Waals surface area contributed by atoms with E-state index in [0.717, 1.165) is 44.8 Å². The van der Waals surface area contributed by atoms with Crippen LogP contribution in [0.4, 0.5) is 4.39 Å². The van der Waals surface area contributed by atoms with Gasteiger partial charge >= 0.3 is 0 Å². The van der Waals surface area contributed by atoms with Crippen LogP contribution in [0.2, 0.25) is 0 Å². The summed E-state index contributed by atoms with van der Waals surface area (Å²) >= 11 is 0. The predicted molar refractivity (Wildman–Crippen MR) is 149 cm³/mol. The van der Waals surface area contributed by atoms with E-state index in [-0.39, 0.29) is 5.82 Å². The molecule has 1 heterocycles. The highest BCUT2D eigenvalue weighted by Gasteiger charge is 2.37. The SMILES string of the molecule is C=C(C1=CCC([C@H](c2ccccc2)N2C[C@@H](C)N(Cc3ccc(F)cc3)C[C@@H]2C)C=C1)N(CC)CC. The summed E-state index contributed by atoms with van der Waals surface area (Å²) in [5.74, 6) is 0.244. The molecule has 3 nitrogen and oxygen atoms in total. The largest absolute Gasteiger partial charge is 0.372 e. The van der Waals surface area contributed by atoms with Gasteiger partial charge < -0.3 is 4.90 Å². The third-order valence-electron chi connectivity index (χ3n) is 7.98. The summed E-state index contributed by atoms with van der Waals surface area (Å²) in [6.07, 6.45) is 8.12. The highest BCUT2D eigenvalue weighted by atomic mass is 19.1. The zero-order chi connectivity index (χ0) is 25.7. The molecule has 1 aliphatic carbocycles. The monoisotopic (exact) mass is 487 g/mol. The second-order valence-corrected chi connectivity index (χ2v) is 10.3. The van der Waals surface area contributed by atoms with Gasteiger partial charge in [0.2, 0.25) is 0 Å². The number of hydrogen-bond acceptors (Lipinski definition) is 3. The van der Waals surface area contributed by atoms with Crippen molar-refractivity contribution in [1.82, 2.24) is 14.7 Å². The lowest BCUT2D eigenvalue weighted by Gasteiger charge is -2.49. The van der Waals surface area contributed by atoms with Crippen LogP contribution < -0.4 is 0 Å². The number of rotatable bonds is 9. The Bertz CT molecular complexity index is 1050. The van der Waals surface area contributed by atoms with Gasteiger partial charge in [-0.2, -0.15) is 0 Å². The number of allylic oxidation sites excluding steroid dienone is 2. The molecule has 0 aromatic heterocycles. The second kappa shape index (κ2) is 12.0. The van der Waals surface area contributed by atoms with Gasteiger partial charge in [-0.15, -0.1) is 0 Å². The third kappa shape index (κ3) is 5.99. The highest BCUT2D eigenvalue weighted by Crippen LogP contribution is 2.38. The fraction of sp³-hybridized carbons (Fsp3) is 0.438. The Balaban J connectivity index is 1.52. The molecule has 0 saturated carbocycles. The molecule has 0 bridgehead atoms. The maximum atomic E-state index is 13.4. The van der Waals surface area contributed by atoms with Crippen LogP contribution in [0.1, 0.15) is 51.3 Å². The summed E-state index contributed by atoms with van der Waals surface area (Å²) in [6, 6.07) is 19.1. The Morgan fingerprint density at radius 3 is 2.31 bits per heavy atom. The summed E-state index contributed by atoms with van der Waals surface area (Å²) in [4.78, 5) is 7.59. The van der Waals surface area contributed by atoms with Crippen LogP contribution in [0, 0.1) is 11.7 Å². The van der Waals surface area contributed by atoms with E-state index in [1.165, 1.54) is 16.7 Å². The topological polar surface area (TPSA) is 9.72 Å². The van der Waals surface area contributed by atoms with E-state index < -0.39 is 0 Å². The average Bonchev–Trinajstić information content (AvgIpc) is 2.90. The minimum Gasteiger partial charge on any atom is -0.372 e. The Morgan fingerprint density at radius 1 is 1.00 bits per heavy atom. The lowest BCUT2D eigenvalue weighted by molar-refractivity contribution is -0.00167. The summed E-state index contributed by atoms with van der Waals surface area (Å²) in [5.41, 5.74) is 4.94. The lowest BCUT2D eigenvalue weighted by atomic mass is 9.83. The second-order valence-electron chi connectivity index (χ2n) is 10.3. The molecule has 192 valence electrons.